The van der Waals surface area contributed by atoms with E-state index in [1.54, 1.807) is 13.0 Å². The van der Waals surface area contributed by atoms with E-state index >= 15 is 0 Å². The average molecular weight is 238 g/mol. The van der Waals surface area contributed by atoms with Gasteiger partial charge in [-0.1, -0.05) is 12.5 Å². The summed E-state index contributed by atoms with van der Waals surface area (Å²) in [5.74, 6) is -0.949. The second-order valence-electron chi connectivity index (χ2n) is 4.41. The Kier molecular flexibility index (Phi) is 4.61. The molecule has 0 spiro atoms. The van der Waals surface area contributed by atoms with Gasteiger partial charge < -0.3 is 4.74 Å². The Balaban J connectivity index is 2.48. The third-order valence-electron chi connectivity index (χ3n) is 3.15. The lowest BCUT2D eigenvalue weighted by atomic mass is 9.88. The van der Waals surface area contributed by atoms with Gasteiger partial charge in [0, 0.05) is 12.3 Å². The molecule has 1 aliphatic rings. The molecular formula is C13H18O4. The first-order valence-corrected chi connectivity index (χ1v) is 5.85. The molecule has 4 nitrogen and oxygen atoms in total. The quantitative estimate of drug-likeness (QED) is 0.540. The summed E-state index contributed by atoms with van der Waals surface area (Å²) in [4.78, 5) is 34.3. The number of allylic oxidation sites excluding steroid dienone is 2. The lowest BCUT2D eigenvalue weighted by Gasteiger charge is -2.14. The van der Waals surface area contributed by atoms with Crippen molar-refractivity contribution in [3.63, 3.8) is 0 Å². The highest BCUT2D eigenvalue weighted by atomic mass is 16.5. The van der Waals surface area contributed by atoms with E-state index in [1.807, 2.05) is 13.8 Å². The summed E-state index contributed by atoms with van der Waals surface area (Å²) in [6.45, 7) is 5.78. The van der Waals surface area contributed by atoms with Crippen molar-refractivity contribution in [2.24, 2.45) is 11.8 Å². The lowest BCUT2D eigenvalue weighted by molar-refractivity contribution is -0.146. The van der Waals surface area contributed by atoms with Crippen molar-refractivity contribution in [3.8, 4) is 0 Å². The van der Waals surface area contributed by atoms with Crippen LogP contribution in [0, 0.1) is 11.8 Å². The van der Waals surface area contributed by atoms with Crippen LogP contribution in [0.2, 0.25) is 0 Å². The molecule has 0 heterocycles. The highest BCUT2D eigenvalue weighted by Crippen LogP contribution is 2.31. The standard InChI is InChI=1S/C13H18O4/c1-4-17-13(16)7-10(14)6-11-9(3)8(2)5-12(11)15/h5,9,11H,4,6-7H2,1-3H3/t9-,11-/m0/s1. The predicted molar refractivity (Wildman–Crippen MR) is 62.3 cm³/mol. The van der Waals surface area contributed by atoms with E-state index in [0.29, 0.717) is 0 Å². The Hall–Kier alpha value is -1.45. The van der Waals surface area contributed by atoms with Crippen LogP contribution < -0.4 is 0 Å². The van der Waals surface area contributed by atoms with Crippen LogP contribution in [0.1, 0.15) is 33.6 Å². The predicted octanol–water partition coefficient (Wildman–Crippen LogP) is 1.68. The van der Waals surface area contributed by atoms with Crippen LogP contribution in [0.15, 0.2) is 11.6 Å². The minimum absolute atomic E-state index is 0.00721. The van der Waals surface area contributed by atoms with Crippen molar-refractivity contribution >= 4 is 17.5 Å². The van der Waals surface area contributed by atoms with Gasteiger partial charge in [-0.25, -0.2) is 0 Å². The highest BCUT2D eigenvalue weighted by Gasteiger charge is 2.32. The van der Waals surface area contributed by atoms with Gasteiger partial charge in [0.05, 0.1) is 6.61 Å². The molecule has 1 aliphatic carbocycles. The molecule has 0 aromatic heterocycles. The zero-order chi connectivity index (χ0) is 13.0. The van der Waals surface area contributed by atoms with Gasteiger partial charge in [0.25, 0.3) is 0 Å². The zero-order valence-corrected chi connectivity index (χ0v) is 10.5. The molecule has 94 valence electrons. The number of hydrogen-bond acceptors (Lipinski definition) is 4. The molecule has 0 aliphatic heterocycles. The van der Waals surface area contributed by atoms with E-state index < -0.39 is 5.97 Å². The zero-order valence-electron chi connectivity index (χ0n) is 10.5. The molecule has 2 atom stereocenters. The molecule has 0 aromatic rings. The minimum Gasteiger partial charge on any atom is -0.466 e. The maximum absolute atomic E-state index is 11.6. The Labute approximate surface area is 101 Å². The Morgan fingerprint density at radius 2 is 2.06 bits per heavy atom. The first-order chi connectivity index (χ1) is 7.95. The Morgan fingerprint density at radius 3 is 2.53 bits per heavy atom. The fraction of sp³-hybridized carbons (Fsp3) is 0.615. The minimum atomic E-state index is -0.514. The Bertz CT molecular complexity index is 368. The summed E-state index contributed by atoms with van der Waals surface area (Å²) >= 11 is 0. The molecule has 4 heteroatoms. The van der Waals surface area contributed by atoms with E-state index in [-0.39, 0.29) is 42.9 Å². The third-order valence-corrected chi connectivity index (χ3v) is 3.15. The van der Waals surface area contributed by atoms with E-state index in [0.717, 1.165) is 5.57 Å². The maximum atomic E-state index is 11.6. The summed E-state index contributed by atoms with van der Waals surface area (Å²) in [5, 5.41) is 0. The molecule has 0 bridgehead atoms. The summed E-state index contributed by atoms with van der Waals surface area (Å²) in [6, 6.07) is 0. The average Bonchev–Trinajstić information content (AvgIpc) is 2.45. The smallest absolute Gasteiger partial charge is 0.313 e. The number of carbonyl (C=O) groups is 3. The van der Waals surface area contributed by atoms with Crippen molar-refractivity contribution < 1.29 is 19.1 Å². The van der Waals surface area contributed by atoms with Crippen molar-refractivity contribution in [2.45, 2.75) is 33.6 Å². The molecule has 0 saturated carbocycles. The highest BCUT2D eigenvalue weighted by molar-refractivity contribution is 6.01. The Morgan fingerprint density at radius 1 is 1.41 bits per heavy atom. The van der Waals surface area contributed by atoms with Gasteiger partial charge in [-0.15, -0.1) is 0 Å². The van der Waals surface area contributed by atoms with Gasteiger partial charge in [-0.3, -0.25) is 14.4 Å². The molecule has 0 unspecified atom stereocenters. The van der Waals surface area contributed by atoms with Gasteiger partial charge in [0.2, 0.25) is 0 Å². The molecule has 0 radical (unpaired) electrons. The van der Waals surface area contributed by atoms with Gasteiger partial charge in [0.15, 0.2) is 5.78 Å². The second kappa shape index (κ2) is 5.75. The van der Waals surface area contributed by atoms with Crippen molar-refractivity contribution in [1.29, 1.82) is 0 Å². The molecule has 1 rings (SSSR count). The van der Waals surface area contributed by atoms with Crippen LogP contribution in [0.4, 0.5) is 0 Å². The fourth-order valence-corrected chi connectivity index (χ4v) is 1.99. The molecule has 0 N–H and O–H groups in total. The number of ketones is 2. The van der Waals surface area contributed by atoms with Gasteiger partial charge >= 0.3 is 5.97 Å². The first-order valence-electron chi connectivity index (χ1n) is 5.85. The number of esters is 1. The molecular weight excluding hydrogens is 220 g/mol. The van der Waals surface area contributed by atoms with Crippen molar-refractivity contribution in [3.05, 3.63) is 11.6 Å². The molecule has 0 amide bonds. The fourth-order valence-electron chi connectivity index (χ4n) is 1.99. The topological polar surface area (TPSA) is 60.4 Å². The second-order valence-corrected chi connectivity index (χ2v) is 4.41. The van der Waals surface area contributed by atoms with Crippen molar-refractivity contribution in [2.75, 3.05) is 6.61 Å². The first kappa shape index (κ1) is 13.6. The van der Waals surface area contributed by atoms with Crippen molar-refractivity contribution in [1.82, 2.24) is 0 Å². The third kappa shape index (κ3) is 3.51. The summed E-state index contributed by atoms with van der Waals surface area (Å²) in [7, 11) is 0. The van der Waals surface area contributed by atoms with Crippen LogP contribution in [0.25, 0.3) is 0 Å². The number of Topliss-reactive ketones (excluding diaryl/α,β-unsaturated/α-hetero) is 1. The van der Waals surface area contributed by atoms with Crippen LogP contribution >= 0.6 is 0 Å². The van der Waals surface area contributed by atoms with Crippen LogP contribution in [-0.2, 0) is 19.1 Å². The molecule has 0 saturated heterocycles. The molecule has 0 fully saturated rings. The van der Waals surface area contributed by atoms with Gasteiger partial charge in [-0.05, 0) is 25.8 Å². The normalized spacial score (nSPS) is 23.5. The number of rotatable bonds is 5. The van der Waals surface area contributed by atoms with Gasteiger partial charge in [-0.2, -0.15) is 0 Å². The summed E-state index contributed by atoms with van der Waals surface area (Å²) in [6.07, 6.45) is 1.49. The lowest BCUT2D eigenvalue weighted by Crippen LogP contribution is -2.21. The van der Waals surface area contributed by atoms with Crippen LogP contribution in [0.3, 0.4) is 0 Å². The molecule has 0 aromatic carbocycles. The summed E-state index contributed by atoms with van der Waals surface area (Å²) < 4.78 is 4.69. The monoisotopic (exact) mass is 238 g/mol. The number of hydrogen-bond donors (Lipinski definition) is 0. The number of ether oxygens (including phenoxy) is 1. The van der Waals surface area contributed by atoms with E-state index in [2.05, 4.69) is 0 Å². The summed E-state index contributed by atoms with van der Waals surface area (Å²) in [5.41, 5.74) is 1.00. The largest absolute Gasteiger partial charge is 0.466 e. The number of carbonyl (C=O) groups excluding carboxylic acids is 3. The van der Waals surface area contributed by atoms with E-state index in [4.69, 9.17) is 4.74 Å². The maximum Gasteiger partial charge on any atom is 0.313 e. The van der Waals surface area contributed by atoms with Gasteiger partial charge in [0.1, 0.15) is 12.2 Å². The van der Waals surface area contributed by atoms with Crippen LogP contribution in [0.5, 0.6) is 0 Å². The van der Waals surface area contributed by atoms with E-state index in [1.165, 1.54) is 0 Å². The SMILES string of the molecule is CCOC(=O)CC(=O)C[C@@H]1C(=O)C=C(C)[C@@H]1C. The van der Waals surface area contributed by atoms with Crippen LogP contribution in [-0.4, -0.2) is 24.1 Å². The molecule has 17 heavy (non-hydrogen) atoms. The van der Waals surface area contributed by atoms with E-state index in [9.17, 15) is 14.4 Å².